The zero-order valence-corrected chi connectivity index (χ0v) is 10.1. The third kappa shape index (κ3) is 2.53. The number of piperazine rings is 1. The fourth-order valence-electron chi connectivity index (χ4n) is 1.86. The van der Waals surface area contributed by atoms with Gasteiger partial charge in [-0.15, -0.1) is 0 Å². The van der Waals surface area contributed by atoms with Crippen molar-refractivity contribution in [1.29, 1.82) is 0 Å². The van der Waals surface area contributed by atoms with Gasteiger partial charge >= 0.3 is 0 Å². The van der Waals surface area contributed by atoms with Gasteiger partial charge in [-0.3, -0.25) is 9.59 Å². The number of methoxy groups -OCH3 is 1. The van der Waals surface area contributed by atoms with Gasteiger partial charge in [0.1, 0.15) is 5.75 Å². The van der Waals surface area contributed by atoms with E-state index in [4.69, 9.17) is 10.5 Å². The number of anilines is 1. The third-order valence-corrected chi connectivity index (χ3v) is 2.74. The molecule has 2 amide bonds. The number of carbonyl (C=O) groups is 2. The van der Waals surface area contributed by atoms with Crippen LogP contribution in [0.1, 0.15) is 10.4 Å². The van der Waals surface area contributed by atoms with Crippen molar-refractivity contribution in [1.82, 2.24) is 10.2 Å². The summed E-state index contributed by atoms with van der Waals surface area (Å²) in [5.41, 5.74) is 6.59. The normalized spacial score (nSPS) is 15.2. The Morgan fingerprint density at radius 3 is 2.89 bits per heavy atom. The van der Waals surface area contributed by atoms with Gasteiger partial charge in [-0.1, -0.05) is 0 Å². The van der Waals surface area contributed by atoms with Crippen molar-refractivity contribution in [3.8, 4) is 5.75 Å². The highest BCUT2D eigenvalue weighted by molar-refractivity contribution is 5.98. The number of nitrogen functional groups attached to an aromatic ring is 1. The molecule has 1 aliphatic rings. The van der Waals surface area contributed by atoms with Crippen LogP contribution in [0.4, 0.5) is 5.69 Å². The van der Waals surface area contributed by atoms with E-state index in [9.17, 15) is 9.59 Å². The molecular formula is C12H15N3O3. The van der Waals surface area contributed by atoms with Crippen LogP contribution in [-0.4, -0.2) is 43.5 Å². The lowest BCUT2D eigenvalue weighted by molar-refractivity contribution is -0.123. The van der Waals surface area contributed by atoms with Gasteiger partial charge in [-0.05, 0) is 12.1 Å². The predicted octanol–water partition coefficient (Wildman–Crippen LogP) is -0.151. The highest BCUT2D eigenvalue weighted by atomic mass is 16.5. The van der Waals surface area contributed by atoms with E-state index in [1.165, 1.54) is 12.0 Å². The smallest absolute Gasteiger partial charge is 0.254 e. The van der Waals surface area contributed by atoms with Crippen LogP contribution in [0.2, 0.25) is 0 Å². The lowest BCUT2D eigenvalue weighted by Crippen LogP contribution is -2.49. The second kappa shape index (κ2) is 4.95. The molecule has 1 saturated heterocycles. The SMILES string of the molecule is COc1cc(N)cc(C(=O)N2CCNC(=O)C2)c1. The average Bonchev–Trinajstić information content (AvgIpc) is 2.37. The first-order valence-electron chi connectivity index (χ1n) is 5.60. The van der Waals surface area contributed by atoms with Gasteiger partial charge in [0.2, 0.25) is 5.91 Å². The van der Waals surface area contributed by atoms with Crippen LogP contribution in [-0.2, 0) is 4.79 Å². The van der Waals surface area contributed by atoms with Crippen LogP contribution >= 0.6 is 0 Å². The highest BCUT2D eigenvalue weighted by Crippen LogP contribution is 2.19. The molecule has 18 heavy (non-hydrogen) atoms. The first-order chi connectivity index (χ1) is 8.60. The van der Waals surface area contributed by atoms with E-state index in [1.54, 1.807) is 18.2 Å². The van der Waals surface area contributed by atoms with Crippen molar-refractivity contribution in [2.75, 3.05) is 32.5 Å². The summed E-state index contributed by atoms with van der Waals surface area (Å²) in [4.78, 5) is 24.9. The Kier molecular flexibility index (Phi) is 3.36. The van der Waals surface area contributed by atoms with E-state index in [0.29, 0.717) is 30.1 Å². The zero-order chi connectivity index (χ0) is 13.1. The summed E-state index contributed by atoms with van der Waals surface area (Å²) < 4.78 is 5.06. The summed E-state index contributed by atoms with van der Waals surface area (Å²) in [5.74, 6) is 0.167. The number of hydrogen-bond acceptors (Lipinski definition) is 4. The largest absolute Gasteiger partial charge is 0.497 e. The lowest BCUT2D eigenvalue weighted by Gasteiger charge is -2.26. The first kappa shape index (κ1) is 12.2. The van der Waals surface area contributed by atoms with E-state index in [2.05, 4.69) is 5.32 Å². The number of carbonyl (C=O) groups excluding carboxylic acids is 2. The van der Waals surface area contributed by atoms with E-state index in [-0.39, 0.29) is 18.4 Å². The van der Waals surface area contributed by atoms with Crippen LogP contribution in [0.15, 0.2) is 18.2 Å². The number of hydrogen-bond donors (Lipinski definition) is 2. The maximum Gasteiger partial charge on any atom is 0.254 e. The number of nitrogens with zero attached hydrogens (tertiary/aromatic N) is 1. The van der Waals surface area contributed by atoms with Crippen molar-refractivity contribution in [3.63, 3.8) is 0 Å². The molecule has 1 fully saturated rings. The molecule has 3 N–H and O–H groups in total. The minimum absolute atomic E-state index is 0.0793. The quantitative estimate of drug-likeness (QED) is 0.714. The van der Waals surface area contributed by atoms with E-state index in [0.717, 1.165) is 0 Å². The molecule has 0 aliphatic carbocycles. The van der Waals surface area contributed by atoms with Crippen molar-refractivity contribution in [2.45, 2.75) is 0 Å². The molecule has 1 aliphatic heterocycles. The second-order valence-electron chi connectivity index (χ2n) is 4.07. The molecule has 6 nitrogen and oxygen atoms in total. The molecule has 0 atom stereocenters. The van der Waals surface area contributed by atoms with Gasteiger partial charge in [-0.25, -0.2) is 0 Å². The summed E-state index contributed by atoms with van der Waals surface area (Å²) >= 11 is 0. The standard InChI is InChI=1S/C12H15N3O3/c1-18-10-5-8(4-9(13)6-10)12(17)15-3-2-14-11(16)7-15/h4-6H,2-3,7,13H2,1H3,(H,14,16). The summed E-state index contributed by atoms with van der Waals surface area (Å²) in [7, 11) is 1.51. The highest BCUT2D eigenvalue weighted by Gasteiger charge is 2.22. The molecule has 1 heterocycles. The Bertz CT molecular complexity index is 487. The minimum Gasteiger partial charge on any atom is -0.497 e. The number of amides is 2. The molecule has 0 aromatic heterocycles. The Morgan fingerprint density at radius 2 is 2.22 bits per heavy atom. The summed E-state index contributed by atoms with van der Waals surface area (Å²) in [5, 5.41) is 2.67. The average molecular weight is 249 g/mol. The molecule has 0 spiro atoms. The third-order valence-electron chi connectivity index (χ3n) is 2.74. The number of ether oxygens (including phenoxy) is 1. The molecule has 96 valence electrons. The summed E-state index contributed by atoms with van der Waals surface area (Å²) in [6.45, 7) is 1.06. The number of rotatable bonds is 2. The van der Waals surface area contributed by atoms with Crippen LogP contribution in [0.3, 0.4) is 0 Å². The maximum atomic E-state index is 12.2. The van der Waals surface area contributed by atoms with Gasteiger partial charge in [0.25, 0.3) is 5.91 Å². The molecule has 1 aromatic carbocycles. The Labute approximate surface area is 105 Å². The van der Waals surface area contributed by atoms with E-state index < -0.39 is 0 Å². The van der Waals surface area contributed by atoms with Gasteiger partial charge < -0.3 is 20.7 Å². The summed E-state index contributed by atoms with van der Waals surface area (Å²) in [6, 6.07) is 4.84. The van der Waals surface area contributed by atoms with Crippen LogP contribution in [0.5, 0.6) is 5.75 Å². The number of benzene rings is 1. The molecule has 0 unspecified atom stereocenters. The number of nitrogens with one attached hydrogen (secondary N) is 1. The summed E-state index contributed by atoms with van der Waals surface area (Å²) in [6.07, 6.45) is 0. The Morgan fingerprint density at radius 1 is 1.44 bits per heavy atom. The Balaban J connectivity index is 2.22. The lowest BCUT2D eigenvalue weighted by atomic mass is 10.1. The molecule has 6 heteroatoms. The maximum absolute atomic E-state index is 12.2. The van der Waals surface area contributed by atoms with E-state index in [1.807, 2.05) is 0 Å². The van der Waals surface area contributed by atoms with Crippen molar-refractivity contribution >= 4 is 17.5 Å². The molecule has 0 radical (unpaired) electrons. The van der Waals surface area contributed by atoms with Gasteiger partial charge in [0.05, 0.1) is 13.7 Å². The van der Waals surface area contributed by atoms with Crippen LogP contribution in [0.25, 0.3) is 0 Å². The van der Waals surface area contributed by atoms with Crippen molar-refractivity contribution < 1.29 is 14.3 Å². The predicted molar refractivity (Wildman–Crippen MR) is 66.3 cm³/mol. The molecule has 1 aromatic rings. The van der Waals surface area contributed by atoms with Crippen molar-refractivity contribution in [3.05, 3.63) is 23.8 Å². The molecule has 2 rings (SSSR count). The fraction of sp³-hybridized carbons (Fsp3) is 0.333. The van der Waals surface area contributed by atoms with Crippen LogP contribution < -0.4 is 15.8 Å². The fourth-order valence-corrected chi connectivity index (χ4v) is 1.86. The molecular weight excluding hydrogens is 234 g/mol. The Hall–Kier alpha value is -2.24. The minimum atomic E-state index is -0.213. The van der Waals surface area contributed by atoms with Gasteiger partial charge in [0, 0.05) is 30.4 Å². The van der Waals surface area contributed by atoms with Gasteiger partial charge in [-0.2, -0.15) is 0 Å². The first-order valence-corrected chi connectivity index (χ1v) is 5.60. The monoisotopic (exact) mass is 249 g/mol. The van der Waals surface area contributed by atoms with Gasteiger partial charge in [0.15, 0.2) is 0 Å². The van der Waals surface area contributed by atoms with E-state index >= 15 is 0 Å². The molecule has 0 saturated carbocycles. The number of nitrogens with two attached hydrogens (primary N) is 1. The molecule has 0 bridgehead atoms. The zero-order valence-electron chi connectivity index (χ0n) is 10.1. The topological polar surface area (TPSA) is 84.7 Å². The van der Waals surface area contributed by atoms with Crippen molar-refractivity contribution in [2.24, 2.45) is 0 Å². The second-order valence-corrected chi connectivity index (χ2v) is 4.07. The van der Waals surface area contributed by atoms with Crippen LogP contribution in [0, 0.1) is 0 Å².